The van der Waals surface area contributed by atoms with E-state index in [1.54, 1.807) is 0 Å². The lowest BCUT2D eigenvalue weighted by molar-refractivity contribution is -0.145. The van der Waals surface area contributed by atoms with Crippen LogP contribution in [-0.2, 0) is 4.79 Å². The van der Waals surface area contributed by atoms with Crippen LogP contribution in [0.25, 0.3) is 0 Å². The molecule has 0 N–H and O–H groups in total. The first-order valence-electron chi connectivity index (χ1n) is 5.08. The second-order valence-electron chi connectivity index (χ2n) is 4.38. The van der Waals surface area contributed by atoms with Crippen LogP contribution < -0.4 is 0 Å². The second-order valence-corrected chi connectivity index (χ2v) is 4.38. The molecule has 82 valence electrons. The normalized spacial score (nSPS) is 26.9. The first-order valence-corrected chi connectivity index (χ1v) is 5.08. The molecule has 0 bridgehead atoms. The summed E-state index contributed by atoms with van der Waals surface area (Å²) in [6.07, 6.45) is 1.20. The van der Waals surface area contributed by atoms with E-state index in [2.05, 4.69) is 0 Å². The highest BCUT2D eigenvalue weighted by Crippen LogP contribution is 2.47. The third-order valence-corrected chi connectivity index (χ3v) is 3.05. The molecule has 0 aromatic heterocycles. The Labute approximate surface area is 86.7 Å². The van der Waals surface area contributed by atoms with E-state index in [1.807, 2.05) is 6.07 Å². The molecule has 0 atom stereocenters. The number of rotatable bonds is 1. The number of halogens is 2. The van der Waals surface area contributed by atoms with Gasteiger partial charge in [-0.25, -0.2) is 8.78 Å². The van der Waals surface area contributed by atoms with Crippen LogP contribution >= 0.6 is 0 Å². The maximum absolute atomic E-state index is 13.1. The fourth-order valence-electron chi connectivity index (χ4n) is 1.94. The van der Waals surface area contributed by atoms with Gasteiger partial charge in [0.05, 0.1) is 12.6 Å². The number of likely N-dealkylation sites (tertiary alicyclic amines) is 1. The van der Waals surface area contributed by atoms with Gasteiger partial charge in [-0.1, -0.05) is 0 Å². The van der Waals surface area contributed by atoms with Gasteiger partial charge < -0.3 is 4.90 Å². The van der Waals surface area contributed by atoms with Crippen LogP contribution in [0.3, 0.4) is 0 Å². The maximum Gasteiger partial charge on any atom is 0.265 e. The topological polar surface area (TPSA) is 44.1 Å². The van der Waals surface area contributed by atoms with Gasteiger partial charge in [-0.05, 0) is 19.3 Å². The Hall–Kier alpha value is -1.18. The van der Waals surface area contributed by atoms with Crippen molar-refractivity contribution in [2.75, 3.05) is 13.1 Å². The number of hydrogen-bond acceptors (Lipinski definition) is 2. The first kappa shape index (κ1) is 10.3. The number of amides is 1. The molecule has 1 heterocycles. The predicted molar refractivity (Wildman–Crippen MR) is 48.0 cm³/mol. The Morgan fingerprint density at radius 1 is 1.33 bits per heavy atom. The molecule has 1 aliphatic heterocycles. The van der Waals surface area contributed by atoms with Gasteiger partial charge in [-0.2, -0.15) is 5.26 Å². The average molecular weight is 214 g/mol. The number of piperidine rings is 1. The highest BCUT2D eigenvalue weighted by atomic mass is 19.3. The number of carbonyl (C=O) groups excluding carboxylic acids is 1. The lowest BCUT2D eigenvalue weighted by Crippen LogP contribution is -2.48. The summed E-state index contributed by atoms with van der Waals surface area (Å²) in [7, 11) is 0. The fourth-order valence-corrected chi connectivity index (χ4v) is 1.94. The summed E-state index contributed by atoms with van der Waals surface area (Å²) in [4.78, 5) is 12.9. The van der Waals surface area contributed by atoms with Crippen molar-refractivity contribution in [2.45, 2.75) is 31.6 Å². The van der Waals surface area contributed by atoms with Crippen LogP contribution in [0.5, 0.6) is 0 Å². The molecule has 0 radical (unpaired) electrons. The van der Waals surface area contributed by atoms with Crippen LogP contribution in [0.15, 0.2) is 0 Å². The Balaban J connectivity index is 2.06. The van der Waals surface area contributed by atoms with E-state index < -0.39 is 23.8 Å². The van der Waals surface area contributed by atoms with Crippen molar-refractivity contribution >= 4 is 5.91 Å². The summed E-state index contributed by atoms with van der Waals surface area (Å²) >= 11 is 0. The van der Waals surface area contributed by atoms with E-state index in [9.17, 15) is 13.6 Å². The van der Waals surface area contributed by atoms with Crippen molar-refractivity contribution < 1.29 is 13.6 Å². The van der Waals surface area contributed by atoms with Gasteiger partial charge in [0.15, 0.2) is 0 Å². The molecule has 1 amide bonds. The van der Waals surface area contributed by atoms with Gasteiger partial charge in [0.1, 0.15) is 5.41 Å². The summed E-state index contributed by atoms with van der Waals surface area (Å²) < 4.78 is 26.1. The largest absolute Gasteiger partial charge is 0.335 e. The van der Waals surface area contributed by atoms with Gasteiger partial charge in [0, 0.05) is 13.0 Å². The van der Waals surface area contributed by atoms with E-state index in [0.29, 0.717) is 25.8 Å². The zero-order valence-corrected chi connectivity index (χ0v) is 8.30. The van der Waals surface area contributed by atoms with Crippen molar-refractivity contribution in [2.24, 2.45) is 5.41 Å². The minimum atomic E-state index is -2.78. The Kier molecular flexibility index (Phi) is 2.18. The van der Waals surface area contributed by atoms with Gasteiger partial charge in [-0.15, -0.1) is 0 Å². The van der Waals surface area contributed by atoms with E-state index >= 15 is 0 Å². The molecule has 2 rings (SSSR count). The molecular weight excluding hydrogens is 202 g/mol. The minimum absolute atomic E-state index is 0.156. The Bertz CT molecular complexity index is 331. The van der Waals surface area contributed by atoms with E-state index in [4.69, 9.17) is 5.26 Å². The molecule has 15 heavy (non-hydrogen) atoms. The average Bonchev–Trinajstić information content (AvgIpc) is 2.96. The molecule has 0 spiro atoms. The number of nitriles is 1. The molecule has 2 aliphatic rings. The predicted octanol–water partition coefficient (Wildman–Crippen LogP) is 1.55. The summed E-state index contributed by atoms with van der Waals surface area (Å²) in [5, 5.41) is 8.80. The highest BCUT2D eigenvalue weighted by molar-refractivity contribution is 5.88. The number of nitrogens with zero attached hydrogens (tertiary/aromatic N) is 2. The highest BCUT2D eigenvalue weighted by Gasteiger charge is 2.54. The summed E-state index contributed by atoms with van der Waals surface area (Å²) in [6, 6.07) is 1.94. The zero-order chi connectivity index (χ0) is 11.1. The molecule has 0 unspecified atom stereocenters. The van der Waals surface area contributed by atoms with E-state index in [0.717, 1.165) is 4.90 Å². The SMILES string of the molecule is N#CC1(C(=O)N2CCCC(F)(F)C2)CC1. The van der Waals surface area contributed by atoms with Crippen molar-refractivity contribution in [3.8, 4) is 6.07 Å². The molecule has 3 nitrogen and oxygen atoms in total. The summed E-state index contributed by atoms with van der Waals surface area (Å²) in [6.45, 7) is -0.160. The third-order valence-electron chi connectivity index (χ3n) is 3.05. The monoisotopic (exact) mass is 214 g/mol. The van der Waals surface area contributed by atoms with E-state index in [1.165, 1.54) is 0 Å². The molecule has 1 aliphatic carbocycles. The molecular formula is C10H12F2N2O. The van der Waals surface area contributed by atoms with Crippen molar-refractivity contribution in [3.63, 3.8) is 0 Å². The smallest absolute Gasteiger partial charge is 0.265 e. The summed E-state index contributed by atoms with van der Waals surface area (Å²) in [5.74, 6) is -3.18. The molecule has 0 aromatic rings. The van der Waals surface area contributed by atoms with Crippen LogP contribution in [0.1, 0.15) is 25.7 Å². The fraction of sp³-hybridized carbons (Fsp3) is 0.800. The summed E-state index contributed by atoms with van der Waals surface area (Å²) in [5.41, 5.74) is -0.965. The van der Waals surface area contributed by atoms with Gasteiger partial charge >= 0.3 is 0 Å². The Morgan fingerprint density at radius 3 is 2.47 bits per heavy atom. The number of carbonyl (C=O) groups is 1. The number of hydrogen-bond donors (Lipinski definition) is 0. The molecule has 0 aromatic carbocycles. The van der Waals surface area contributed by atoms with Crippen LogP contribution in [0, 0.1) is 16.7 Å². The minimum Gasteiger partial charge on any atom is -0.335 e. The molecule has 1 saturated carbocycles. The lowest BCUT2D eigenvalue weighted by Gasteiger charge is -2.33. The standard InChI is InChI=1S/C10H12F2N2O/c11-10(12)2-1-5-14(7-10)8(15)9(6-13)3-4-9/h1-5,7H2. The maximum atomic E-state index is 13.1. The van der Waals surface area contributed by atoms with E-state index in [-0.39, 0.29) is 6.42 Å². The lowest BCUT2D eigenvalue weighted by atomic mass is 10.0. The molecule has 5 heteroatoms. The van der Waals surface area contributed by atoms with Gasteiger partial charge in [0.25, 0.3) is 5.92 Å². The second kappa shape index (κ2) is 3.16. The number of alkyl halides is 2. The van der Waals surface area contributed by atoms with Crippen molar-refractivity contribution in [1.29, 1.82) is 5.26 Å². The van der Waals surface area contributed by atoms with Crippen LogP contribution in [0.4, 0.5) is 8.78 Å². The van der Waals surface area contributed by atoms with Gasteiger partial charge in [0.2, 0.25) is 5.91 Å². The van der Waals surface area contributed by atoms with Crippen molar-refractivity contribution in [3.05, 3.63) is 0 Å². The zero-order valence-electron chi connectivity index (χ0n) is 8.30. The van der Waals surface area contributed by atoms with Gasteiger partial charge in [-0.3, -0.25) is 4.79 Å². The van der Waals surface area contributed by atoms with Crippen LogP contribution in [-0.4, -0.2) is 29.8 Å². The Morgan fingerprint density at radius 2 is 2.00 bits per heavy atom. The molecule has 1 saturated heterocycles. The van der Waals surface area contributed by atoms with Crippen molar-refractivity contribution in [1.82, 2.24) is 4.90 Å². The third kappa shape index (κ3) is 1.81. The first-order chi connectivity index (χ1) is 6.99. The quantitative estimate of drug-likeness (QED) is 0.664. The van der Waals surface area contributed by atoms with Crippen LogP contribution in [0.2, 0.25) is 0 Å². The molecule has 2 fully saturated rings.